The number of halogens is 3. The van der Waals surface area contributed by atoms with Crippen molar-refractivity contribution in [3.05, 3.63) is 5.69 Å². The van der Waals surface area contributed by atoms with Crippen LogP contribution in [0.4, 0.5) is 13.2 Å². The zero-order valence-corrected chi connectivity index (χ0v) is 6.54. The second-order valence-corrected chi connectivity index (χ2v) is 2.19. The van der Waals surface area contributed by atoms with Gasteiger partial charge in [0.15, 0.2) is 6.61 Å². The highest BCUT2D eigenvalue weighted by Gasteiger charge is 2.30. The number of ether oxygens (including phenoxy) is 1. The van der Waals surface area contributed by atoms with E-state index in [0.29, 0.717) is 0 Å². The summed E-state index contributed by atoms with van der Waals surface area (Å²) in [6, 6.07) is 0. The minimum absolute atomic E-state index is 0.575. The molecular weight excluding hydrogens is 207 g/mol. The molecule has 0 unspecified atom stereocenters. The van der Waals surface area contributed by atoms with Crippen molar-refractivity contribution in [2.24, 2.45) is 5.73 Å². The maximum absolute atomic E-state index is 11.7. The summed E-state index contributed by atoms with van der Waals surface area (Å²) in [5, 5.41) is 5.89. The highest BCUT2D eigenvalue weighted by Crippen LogP contribution is 2.18. The normalized spacial score (nSPS) is 11.4. The van der Waals surface area contributed by atoms with Gasteiger partial charge in [-0.3, -0.25) is 4.79 Å². The Labute approximate surface area is 74.8 Å². The molecule has 0 aromatic carbocycles. The van der Waals surface area contributed by atoms with E-state index in [0.717, 1.165) is 0 Å². The molecule has 0 saturated carbocycles. The first-order valence-corrected chi connectivity index (χ1v) is 3.22. The third-order valence-corrected chi connectivity index (χ3v) is 1.06. The molecule has 2 N–H and O–H groups in total. The van der Waals surface area contributed by atoms with Crippen molar-refractivity contribution in [3.63, 3.8) is 0 Å². The van der Waals surface area contributed by atoms with Gasteiger partial charge in [-0.05, 0) is 10.3 Å². The molecule has 0 aliphatic rings. The highest BCUT2D eigenvalue weighted by atomic mass is 19.4. The van der Waals surface area contributed by atoms with Crippen molar-refractivity contribution in [2.75, 3.05) is 6.61 Å². The maximum Gasteiger partial charge on any atom is 0.422 e. The number of aromatic nitrogens is 2. The van der Waals surface area contributed by atoms with Crippen molar-refractivity contribution in [2.45, 2.75) is 6.18 Å². The number of alkyl halides is 3. The first-order valence-electron chi connectivity index (χ1n) is 3.22. The fourth-order valence-electron chi connectivity index (χ4n) is 0.576. The molecule has 0 bridgehead atoms. The summed E-state index contributed by atoms with van der Waals surface area (Å²) in [7, 11) is 0. The van der Waals surface area contributed by atoms with Crippen LogP contribution >= 0.6 is 0 Å². The van der Waals surface area contributed by atoms with Gasteiger partial charge in [0.05, 0.1) is 0 Å². The number of rotatable bonds is 3. The van der Waals surface area contributed by atoms with E-state index < -0.39 is 30.3 Å². The molecule has 14 heavy (non-hydrogen) atoms. The monoisotopic (exact) mass is 211 g/mol. The van der Waals surface area contributed by atoms with Crippen LogP contribution in [0.15, 0.2) is 4.63 Å². The zero-order chi connectivity index (χ0) is 10.8. The standard InChI is InChI=1S/C5H4F3N3O3/c6-5(7,8)1-13-4-2(3(9)12)10-14-11-4/h1H2,(H2,9,12). The van der Waals surface area contributed by atoms with Crippen LogP contribution in [0.3, 0.4) is 0 Å². The van der Waals surface area contributed by atoms with E-state index in [1.165, 1.54) is 0 Å². The quantitative estimate of drug-likeness (QED) is 0.765. The number of hydrogen-bond acceptors (Lipinski definition) is 5. The Bertz CT molecular complexity index is 334. The lowest BCUT2D eigenvalue weighted by Gasteiger charge is -2.05. The third kappa shape index (κ3) is 2.61. The fraction of sp³-hybridized carbons (Fsp3) is 0.400. The largest absolute Gasteiger partial charge is 0.464 e. The van der Waals surface area contributed by atoms with E-state index in [1.807, 2.05) is 0 Å². The first-order chi connectivity index (χ1) is 6.40. The van der Waals surface area contributed by atoms with Crippen LogP contribution < -0.4 is 10.5 Å². The topological polar surface area (TPSA) is 91.2 Å². The molecule has 0 saturated heterocycles. The summed E-state index contributed by atoms with van der Waals surface area (Å²) in [4.78, 5) is 10.5. The number of carbonyl (C=O) groups is 1. The van der Waals surface area contributed by atoms with Gasteiger partial charge in [0.2, 0.25) is 5.69 Å². The molecular formula is C5H4F3N3O3. The van der Waals surface area contributed by atoms with E-state index in [9.17, 15) is 18.0 Å². The first kappa shape index (κ1) is 10.3. The van der Waals surface area contributed by atoms with Gasteiger partial charge < -0.3 is 10.5 Å². The fourth-order valence-corrected chi connectivity index (χ4v) is 0.576. The lowest BCUT2D eigenvalue weighted by molar-refractivity contribution is -0.154. The minimum Gasteiger partial charge on any atom is -0.464 e. The minimum atomic E-state index is -4.53. The van der Waals surface area contributed by atoms with E-state index in [2.05, 4.69) is 19.7 Å². The lowest BCUT2D eigenvalue weighted by atomic mass is 10.4. The average Bonchev–Trinajstić information content (AvgIpc) is 2.46. The molecule has 1 rings (SSSR count). The molecule has 0 fully saturated rings. The number of hydrogen-bond donors (Lipinski definition) is 1. The molecule has 9 heteroatoms. The van der Waals surface area contributed by atoms with Gasteiger partial charge in [-0.25, -0.2) is 4.63 Å². The third-order valence-electron chi connectivity index (χ3n) is 1.06. The van der Waals surface area contributed by atoms with E-state index in [1.54, 1.807) is 0 Å². The summed E-state index contributed by atoms with van der Waals surface area (Å²) in [5.41, 5.74) is 4.16. The van der Waals surface area contributed by atoms with Gasteiger partial charge >= 0.3 is 6.18 Å². The predicted molar refractivity (Wildman–Crippen MR) is 34.4 cm³/mol. The molecule has 0 spiro atoms. The van der Waals surface area contributed by atoms with Crippen LogP contribution in [0, 0.1) is 0 Å². The van der Waals surface area contributed by atoms with Gasteiger partial charge in [0.1, 0.15) is 0 Å². The zero-order valence-electron chi connectivity index (χ0n) is 6.54. The Morgan fingerprint density at radius 2 is 2.14 bits per heavy atom. The number of primary amides is 1. The Kier molecular flexibility index (Phi) is 2.58. The number of nitrogens with two attached hydrogens (primary N) is 1. The van der Waals surface area contributed by atoms with Gasteiger partial charge in [0.25, 0.3) is 11.8 Å². The predicted octanol–water partition coefficient (Wildman–Crippen LogP) is 0.110. The van der Waals surface area contributed by atoms with Gasteiger partial charge in [-0.1, -0.05) is 0 Å². The second-order valence-electron chi connectivity index (χ2n) is 2.19. The molecule has 1 amide bonds. The Hall–Kier alpha value is -1.80. The number of amides is 1. The number of carbonyl (C=O) groups excluding carboxylic acids is 1. The van der Waals surface area contributed by atoms with Crippen LogP contribution in [0.5, 0.6) is 5.88 Å². The van der Waals surface area contributed by atoms with Gasteiger partial charge in [-0.15, -0.1) is 0 Å². The Morgan fingerprint density at radius 1 is 1.50 bits per heavy atom. The molecule has 1 aromatic heterocycles. The van der Waals surface area contributed by atoms with Crippen molar-refractivity contribution in [1.82, 2.24) is 10.3 Å². The molecule has 0 radical (unpaired) electrons. The molecule has 1 aromatic rings. The van der Waals surface area contributed by atoms with E-state index in [-0.39, 0.29) is 0 Å². The Morgan fingerprint density at radius 3 is 2.64 bits per heavy atom. The van der Waals surface area contributed by atoms with Crippen molar-refractivity contribution in [1.29, 1.82) is 0 Å². The molecule has 78 valence electrons. The highest BCUT2D eigenvalue weighted by molar-refractivity contribution is 5.92. The van der Waals surface area contributed by atoms with Crippen molar-refractivity contribution >= 4 is 5.91 Å². The molecule has 0 atom stereocenters. The molecule has 6 nitrogen and oxygen atoms in total. The van der Waals surface area contributed by atoms with Gasteiger partial charge in [0, 0.05) is 0 Å². The van der Waals surface area contributed by atoms with Gasteiger partial charge in [-0.2, -0.15) is 13.2 Å². The molecule has 0 aliphatic heterocycles. The summed E-state index contributed by atoms with van der Waals surface area (Å²) < 4.78 is 43.1. The van der Waals surface area contributed by atoms with Crippen LogP contribution in [0.1, 0.15) is 10.5 Å². The van der Waals surface area contributed by atoms with Crippen LogP contribution in [0.25, 0.3) is 0 Å². The smallest absolute Gasteiger partial charge is 0.422 e. The lowest BCUT2D eigenvalue weighted by Crippen LogP contribution is -2.21. The van der Waals surface area contributed by atoms with Crippen LogP contribution in [-0.4, -0.2) is 29.0 Å². The summed E-state index contributed by atoms with van der Waals surface area (Å²) >= 11 is 0. The Balaban J connectivity index is 2.68. The summed E-state index contributed by atoms with van der Waals surface area (Å²) in [6.45, 7) is -1.60. The average molecular weight is 211 g/mol. The summed E-state index contributed by atoms with van der Waals surface area (Å²) in [5.74, 6) is -1.75. The molecule has 0 aliphatic carbocycles. The SMILES string of the molecule is NC(=O)c1nonc1OCC(F)(F)F. The second kappa shape index (κ2) is 3.52. The van der Waals surface area contributed by atoms with Crippen molar-refractivity contribution in [3.8, 4) is 5.88 Å². The summed E-state index contributed by atoms with van der Waals surface area (Å²) in [6.07, 6.45) is -4.53. The number of nitrogens with zero attached hydrogens (tertiary/aromatic N) is 2. The van der Waals surface area contributed by atoms with E-state index >= 15 is 0 Å². The van der Waals surface area contributed by atoms with Crippen molar-refractivity contribution < 1.29 is 27.3 Å². The maximum atomic E-state index is 11.7. The van der Waals surface area contributed by atoms with E-state index in [4.69, 9.17) is 5.73 Å². The van der Waals surface area contributed by atoms with Crippen LogP contribution in [-0.2, 0) is 0 Å². The van der Waals surface area contributed by atoms with Crippen LogP contribution in [0.2, 0.25) is 0 Å². The molecule has 1 heterocycles.